The molecule has 2 rings (SSSR count). The third-order valence-corrected chi connectivity index (χ3v) is 4.10. The Kier molecular flexibility index (Phi) is 4.40. The normalized spacial score (nSPS) is 21.1. The number of hydrogen-bond donors (Lipinski definition) is 1. The maximum atomic E-state index is 4.41. The molecule has 1 unspecified atom stereocenters. The zero-order valence-corrected chi connectivity index (χ0v) is 12.7. The monoisotopic (exact) mass is 313 g/mol. The highest BCUT2D eigenvalue weighted by Gasteiger charge is 2.23. The van der Waals surface area contributed by atoms with Gasteiger partial charge in [0.2, 0.25) is 0 Å². The maximum absolute atomic E-state index is 4.41. The summed E-state index contributed by atoms with van der Waals surface area (Å²) in [6.07, 6.45) is 1.63. The fourth-order valence-corrected chi connectivity index (χ4v) is 2.71. The minimum atomic E-state index is 0.545. The van der Waals surface area contributed by atoms with Gasteiger partial charge in [-0.05, 0) is 36.8 Å². The molecule has 1 aliphatic rings. The second-order valence-corrected chi connectivity index (χ2v) is 5.46. The van der Waals surface area contributed by atoms with E-state index in [2.05, 4.69) is 61.9 Å². The number of hydrogen-bond acceptors (Lipinski definition) is 5. The second-order valence-electron chi connectivity index (χ2n) is 4.67. The van der Waals surface area contributed by atoms with E-state index in [-0.39, 0.29) is 0 Å². The predicted molar refractivity (Wildman–Crippen MR) is 78.2 cm³/mol. The van der Waals surface area contributed by atoms with Gasteiger partial charge in [-0.3, -0.25) is 0 Å². The van der Waals surface area contributed by atoms with Crippen molar-refractivity contribution in [2.45, 2.75) is 19.9 Å². The van der Waals surface area contributed by atoms with Crippen LogP contribution in [0.5, 0.6) is 0 Å². The first-order valence-electron chi connectivity index (χ1n) is 6.33. The molecule has 2 heterocycles. The Morgan fingerprint density at radius 1 is 1.44 bits per heavy atom. The second kappa shape index (κ2) is 5.84. The van der Waals surface area contributed by atoms with Crippen LogP contribution in [0.4, 0.5) is 11.6 Å². The lowest BCUT2D eigenvalue weighted by Crippen LogP contribution is -2.50. The van der Waals surface area contributed by atoms with Crippen LogP contribution in [-0.2, 0) is 0 Å². The van der Waals surface area contributed by atoms with Crippen LogP contribution in [0, 0.1) is 0 Å². The Morgan fingerprint density at radius 2 is 2.22 bits per heavy atom. The van der Waals surface area contributed by atoms with E-state index in [0.717, 1.165) is 42.3 Å². The molecule has 0 aliphatic carbocycles. The lowest BCUT2D eigenvalue weighted by molar-refractivity contribution is 0.233. The zero-order valence-electron chi connectivity index (χ0n) is 11.1. The van der Waals surface area contributed by atoms with Gasteiger partial charge in [-0.2, -0.15) is 0 Å². The van der Waals surface area contributed by atoms with E-state index in [1.165, 1.54) is 0 Å². The van der Waals surface area contributed by atoms with Crippen molar-refractivity contribution in [2.24, 2.45) is 0 Å². The van der Waals surface area contributed by atoms with Gasteiger partial charge in [0.15, 0.2) is 0 Å². The van der Waals surface area contributed by atoms with Crippen LogP contribution >= 0.6 is 15.9 Å². The first-order valence-corrected chi connectivity index (χ1v) is 7.12. The number of nitrogens with one attached hydrogen (secondary N) is 1. The highest BCUT2D eigenvalue weighted by atomic mass is 79.9. The van der Waals surface area contributed by atoms with Crippen LogP contribution in [-0.4, -0.2) is 54.1 Å². The molecule has 1 atom stereocenters. The average Bonchev–Trinajstić information content (AvgIpc) is 2.36. The number of rotatable bonds is 3. The van der Waals surface area contributed by atoms with Crippen LogP contribution in [0.15, 0.2) is 10.8 Å². The highest BCUT2D eigenvalue weighted by molar-refractivity contribution is 9.10. The van der Waals surface area contributed by atoms with Crippen molar-refractivity contribution in [3.8, 4) is 0 Å². The van der Waals surface area contributed by atoms with Crippen molar-refractivity contribution in [2.75, 3.05) is 43.4 Å². The van der Waals surface area contributed by atoms with Crippen molar-refractivity contribution in [1.82, 2.24) is 14.9 Å². The Balaban J connectivity index is 2.20. The number of nitrogens with zero attached hydrogens (tertiary/aromatic N) is 4. The molecule has 100 valence electrons. The summed E-state index contributed by atoms with van der Waals surface area (Å²) >= 11 is 3.61. The molecule has 6 heteroatoms. The van der Waals surface area contributed by atoms with E-state index < -0.39 is 0 Å². The largest absolute Gasteiger partial charge is 0.369 e. The molecule has 1 N–H and O–H groups in total. The number of piperazine rings is 1. The minimum absolute atomic E-state index is 0.545. The molecule has 1 aliphatic heterocycles. The molecule has 1 saturated heterocycles. The maximum Gasteiger partial charge on any atom is 0.148 e. The van der Waals surface area contributed by atoms with E-state index in [9.17, 15) is 0 Å². The van der Waals surface area contributed by atoms with Crippen LogP contribution < -0.4 is 10.2 Å². The summed E-state index contributed by atoms with van der Waals surface area (Å²) in [4.78, 5) is 13.4. The quantitative estimate of drug-likeness (QED) is 0.922. The molecule has 1 fully saturated rings. The SMILES string of the molecule is CCNc1ncnc(N2CCN(C)C(C)C2)c1Br. The van der Waals surface area contributed by atoms with E-state index in [1.807, 2.05) is 0 Å². The summed E-state index contributed by atoms with van der Waals surface area (Å²) < 4.78 is 0.962. The fraction of sp³-hybridized carbons (Fsp3) is 0.667. The van der Waals surface area contributed by atoms with Gasteiger partial charge in [0.05, 0.1) is 0 Å². The van der Waals surface area contributed by atoms with Crippen molar-refractivity contribution < 1.29 is 0 Å². The third-order valence-electron chi connectivity index (χ3n) is 3.37. The number of likely N-dealkylation sites (N-methyl/N-ethyl adjacent to an activating group) is 1. The number of anilines is 2. The van der Waals surface area contributed by atoms with Gasteiger partial charge in [0.25, 0.3) is 0 Å². The van der Waals surface area contributed by atoms with E-state index >= 15 is 0 Å². The molecule has 0 aromatic carbocycles. The Morgan fingerprint density at radius 3 is 2.89 bits per heavy atom. The van der Waals surface area contributed by atoms with Gasteiger partial charge < -0.3 is 15.1 Å². The highest BCUT2D eigenvalue weighted by Crippen LogP contribution is 2.30. The molecule has 0 bridgehead atoms. The standard InChI is InChI=1S/C12H20BrN5/c1-4-14-11-10(13)12(16-8-15-11)18-6-5-17(3)9(2)7-18/h8-9H,4-7H2,1-3H3,(H,14,15,16). The predicted octanol–water partition coefficient (Wildman–Crippen LogP) is 1.81. The molecular formula is C12H20BrN5. The smallest absolute Gasteiger partial charge is 0.148 e. The summed E-state index contributed by atoms with van der Waals surface area (Å²) in [5, 5.41) is 3.24. The molecule has 0 saturated carbocycles. The Hall–Kier alpha value is -0.880. The Labute approximate surface area is 117 Å². The molecule has 0 radical (unpaired) electrons. The van der Waals surface area contributed by atoms with Crippen molar-refractivity contribution in [3.05, 3.63) is 10.8 Å². The first kappa shape index (κ1) is 13.5. The van der Waals surface area contributed by atoms with Crippen molar-refractivity contribution in [1.29, 1.82) is 0 Å². The molecule has 18 heavy (non-hydrogen) atoms. The summed E-state index contributed by atoms with van der Waals surface area (Å²) in [5.74, 6) is 1.86. The van der Waals surface area contributed by atoms with E-state index in [4.69, 9.17) is 0 Å². The number of halogens is 1. The average molecular weight is 314 g/mol. The lowest BCUT2D eigenvalue weighted by atomic mass is 10.2. The lowest BCUT2D eigenvalue weighted by Gasteiger charge is -2.38. The molecule has 1 aromatic rings. The van der Waals surface area contributed by atoms with Gasteiger partial charge in [-0.25, -0.2) is 9.97 Å². The van der Waals surface area contributed by atoms with Crippen LogP contribution in [0.3, 0.4) is 0 Å². The molecular weight excluding hydrogens is 294 g/mol. The van der Waals surface area contributed by atoms with Crippen molar-refractivity contribution in [3.63, 3.8) is 0 Å². The van der Waals surface area contributed by atoms with Crippen LogP contribution in [0.2, 0.25) is 0 Å². The summed E-state index contributed by atoms with van der Waals surface area (Å²) in [6, 6.07) is 0.545. The van der Waals surface area contributed by atoms with Crippen LogP contribution in [0.25, 0.3) is 0 Å². The fourth-order valence-electron chi connectivity index (χ4n) is 2.11. The van der Waals surface area contributed by atoms with E-state index in [1.54, 1.807) is 6.33 Å². The topological polar surface area (TPSA) is 44.3 Å². The molecule has 0 spiro atoms. The van der Waals surface area contributed by atoms with Gasteiger partial charge in [0.1, 0.15) is 22.4 Å². The van der Waals surface area contributed by atoms with Gasteiger partial charge in [0, 0.05) is 32.2 Å². The summed E-state index contributed by atoms with van der Waals surface area (Å²) in [6.45, 7) is 8.22. The molecule has 1 aromatic heterocycles. The number of aromatic nitrogens is 2. The zero-order chi connectivity index (χ0) is 13.1. The molecule has 0 amide bonds. The van der Waals surface area contributed by atoms with Crippen molar-refractivity contribution >= 4 is 27.6 Å². The minimum Gasteiger partial charge on any atom is -0.369 e. The van der Waals surface area contributed by atoms with Crippen LogP contribution in [0.1, 0.15) is 13.8 Å². The van der Waals surface area contributed by atoms with Gasteiger partial charge in [-0.15, -0.1) is 0 Å². The summed E-state index contributed by atoms with van der Waals surface area (Å²) in [5.41, 5.74) is 0. The summed E-state index contributed by atoms with van der Waals surface area (Å²) in [7, 11) is 2.17. The first-order chi connectivity index (χ1) is 8.63. The van der Waals surface area contributed by atoms with E-state index in [0.29, 0.717) is 6.04 Å². The van der Waals surface area contributed by atoms with Gasteiger partial charge >= 0.3 is 0 Å². The van der Waals surface area contributed by atoms with Gasteiger partial charge in [-0.1, -0.05) is 0 Å². The third kappa shape index (κ3) is 2.75. The Bertz CT molecular complexity index is 411. The molecule has 5 nitrogen and oxygen atoms in total.